The summed E-state index contributed by atoms with van der Waals surface area (Å²) in [6.07, 6.45) is 6.40. The highest BCUT2D eigenvalue weighted by atomic mass is 15.2. The molecule has 2 heterocycles. The van der Waals surface area contributed by atoms with E-state index in [9.17, 15) is 0 Å². The minimum Gasteiger partial charge on any atom is -0.330 e. The fraction of sp³-hybridized carbons (Fsp3) is 0.538. The lowest BCUT2D eigenvalue weighted by atomic mass is 10.00. The fourth-order valence-corrected chi connectivity index (χ4v) is 2.21. The average Bonchev–Trinajstić information content (AvgIpc) is 3.00. The molecular formula is C13H18N4. The van der Waals surface area contributed by atoms with E-state index in [1.165, 1.54) is 18.4 Å². The van der Waals surface area contributed by atoms with Gasteiger partial charge in [0, 0.05) is 30.4 Å². The Kier molecular flexibility index (Phi) is 2.23. The van der Waals surface area contributed by atoms with Gasteiger partial charge in [-0.3, -0.25) is 0 Å². The van der Waals surface area contributed by atoms with Crippen LogP contribution in [0.4, 0.5) is 0 Å². The van der Waals surface area contributed by atoms with E-state index in [4.69, 9.17) is 5.73 Å². The molecule has 2 aromatic rings. The molecule has 4 nitrogen and oxygen atoms in total. The van der Waals surface area contributed by atoms with Crippen molar-refractivity contribution in [2.75, 3.05) is 6.54 Å². The first-order valence-electron chi connectivity index (χ1n) is 6.20. The first-order chi connectivity index (χ1) is 8.14. The van der Waals surface area contributed by atoms with Crippen LogP contribution in [0.15, 0.2) is 18.5 Å². The molecule has 0 saturated heterocycles. The Labute approximate surface area is 101 Å². The van der Waals surface area contributed by atoms with Gasteiger partial charge in [-0.05, 0) is 24.3 Å². The van der Waals surface area contributed by atoms with Crippen LogP contribution < -0.4 is 5.73 Å². The van der Waals surface area contributed by atoms with E-state index in [0.29, 0.717) is 12.5 Å². The Balaban J connectivity index is 2.07. The molecule has 0 amide bonds. The van der Waals surface area contributed by atoms with Gasteiger partial charge in [-0.1, -0.05) is 13.8 Å². The smallest absolute Gasteiger partial charge is 0.155 e. The van der Waals surface area contributed by atoms with Gasteiger partial charge in [0.15, 0.2) is 5.65 Å². The Morgan fingerprint density at radius 3 is 2.82 bits per heavy atom. The zero-order chi connectivity index (χ0) is 12.0. The van der Waals surface area contributed by atoms with Crippen molar-refractivity contribution in [3.63, 3.8) is 0 Å². The molecule has 0 aliphatic heterocycles. The predicted molar refractivity (Wildman–Crippen MR) is 67.0 cm³/mol. The molecule has 0 unspecified atom stereocenters. The first kappa shape index (κ1) is 10.7. The van der Waals surface area contributed by atoms with Crippen LogP contribution in [0.2, 0.25) is 0 Å². The Bertz CT molecular complexity index is 552. The molecule has 0 bridgehead atoms. The molecule has 0 atom stereocenters. The molecule has 0 radical (unpaired) electrons. The number of hydrogen-bond donors (Lipinski definition) is 1. The molecule has 1 aliphatic rings. The van der Waals surface area contributed by atoms with Crippen LogP contribution in [-0.4, -0.2) is 21.1 Å². The molecule has 2 N–H and O–H groups in total. The van der Waals surface area contributed by atoms with Gasteiger partial charge in [0.05, 0.1) is 5.69 Å². The summed E-state index contributed by atoms with van der Waals surface area (Å²) in [7, 11) is 0. The number of hydrogen-bond acceptors (Lipinski definition) is 3. The first-order valence-corrected chi connectivity index (χ1v) is 6.20. The van der Waals surface area contributed by atoms with E-state index in [2.05, 4.69) is 36.2 Å². The van der Waals surface area contributed by atoms with Crippen LogP contribution in [0, 0.1) is 0 Å². The van der Waals surface area contributed by atoms with Crippen molar-refractivity contribution >= 4 is 5.65 Å². The zero-order valence-corrected chi connectivity index (χ0v) is 10.3. The summed E-state index contributed by atoms with van der Waals surface area (Å²) in [4.78, 5) is 4.48. The standard InChI is InChI=1S/C13H18N4/c1-9(2)11-5-12-15-6-10(7-17(12)16-11)13(8-14)3-4-13/h5-7,9H,3-4,8,14H2,1-2H3. The van der Waals surface area contributed by atoms with Crippen molar-refractivity contribution in [1.29, 1.82) is 0 Å². The van der Waals surface area contributed by atoms with Gasteiger partial charge < -0.3 is 5.73 Å². The predicted octanol–water partition coefficient (Wildman–Crippen LogP) is 1.84. The maximum Gasteiger partial charge on any atom is 0.155 e. The summed E-state index contributed by atoms with van der Waals surface area (Å²) in [5, 5.41) is 4.56. The molecule has 0 aromatic carbocycles. The number of fused-ring (bicyclic) bond motifs is 1. The van der Waals surface area contributed by atoms with Crippen LogP contribution in [0.25, 0.3) is 5.65 Å². The summed E-state index contributed by atoms with van der Waals surface area (Å²) < 4.78 is 1.89. The van der Waals surface area contributed by atoms with Crippen LogP contribution in [0.5, 0.6) is 0 Å². The van der Waals surface area contributed by atoms with Crippen LogP contribution >= 0.6 is 0 Å². The van der Waals surface area contributed by atoms with Crippen molar-refractivity contribution in [3.8, 4) is 0 Å². The normalized spacial score (nSPS) is 17.9. The van der Waals surface area contributed by atoms with Crippen molar-refractivity contribution in [1.82, 2.24) is 14.6 Å². The van der Waals surface area contributed by atoms with E-state index in [1.807, 2.05) is 10.7 Å². The summed E-state index contributed by atoms with van der Waals surface area (Å²) in [6, 6.07) is 2.05. The van der Waals surface area contributed by atoms with Gasteiger partial charge in [-0.15, -0.1) is 0 Å². The summed E-state index contributed by atoms with van der Waals surface area (Å²) in [5.74, 6) is 0.435. The van der Waals surface area contributed by atoms with Gasteiger partial charge >= 0.3 is 0 Å². The summed E-state index contributed by atoms with van der Waals surface area (Å²) in [5.41, 5.74) is 9.27. The van der Waals surface area contributed by atoms with Gasteiger partial charge in [-0.25, -0.2) is 9.50 Å². The second kappa shape index (κ2) is 3.53. The minimum atomic E-state index is 0.186. The lowest BCUT2D eigenvalue weighted by molar-refractivity contribution is 0.687. The minimum absolute atomic E-state index is 0.186. The molecule has 90 valence electrons. The Morgan fingerprint density at radius 1 is 1.47 bits per heavy atom. The number of aromatic nitrogens is 3. The Morgan fingerprint density at radius 2 is 2.24 bits per heavy atom. The lowest BCUT2D eigenvalue weighted by Gasteiger charge is -2.11. The number of nitrogens with zero attached hydrogens (tertiary/aromatic N) is 3. The van der Waals surface area contributed by atoms with Crippen LogP contribution in [0.1, 0.15) is 43.9 Å². The highest BCUT2D eigenvalue weighted by Gasteiger charge is 2.43. The number of nitrogens with two attached hydrogens (primary N) is 1. The molecule has 2 aromatic heterocycles. The third-order valence-corrected chi connectivity index (χ3v) is 3.78. The van der Waals surface area contributed by atoms with Crippen molar-refractivity contribution in [3.05, 3.63) is 29.7 Å². The Hall–Kier alpha value is -1.42. The largest absolute Gasteiger partial charge is 0.330 e. The molecule has 17 heavy (non-hydrogen) atoms. The highest BCUT2D eigenvalue weighted by molar-refractivity contribution is 5.42. The van der Waals surface area contributed by atoms with E-state index >= 15 is 0 Å². The molecule has 1 aliphatic carbocycles. The maximum atomic E-state index is 5.84. The van der Waals surface area contributed by atoms with Gasteiger partial charge in [0.2, 0.25) is 0 Å². The molecule has 0 spiro atoms. The van der Waals surface area contributed by atoms with Crippen LogP contribution in [-0.2, 0) is 5.41 Å². The summed E-state index contributed by atoms with van der Waals surface area (Å²) in [6.45, 7) is 4.99. The molecule has 4 heteroatoms. The van der Waals surface area contributed by atoms with E-state index < -0.39 is 0 Å². The van der Waals surface area contributed by atoms with Crippen molar-refractivity contribution in [2.45, 2.75) is 38.0 Å². The third kappa shape index (κ3) is 1.63. The molecule has 1 saturated carbocycles. The molecule has 3 rings (SSSR count). The van der Waals surface area contributed by atoms with Crippen molar-refractivity contribution < 1.29 is 0 Å². The quantitative estimate of drug-likeness (QED) is 0.875. The van der Waals surface area contributed by atoms with E-state index in [-0.39, 0.29) is 5.41 Å². The van der Waals surface area contributed by atoms with E-state index in [1.54, 1.807) is 0 Å². The van der Waals surface area contributed by atoms with Crippen LogP contribution in [0.3, 0.4) is 0 Å². The molecular weight excluding hydrogens is 212 g/mol. The molecule has 1 fully saturated rings. The average molecular weight is 230 g/mol. The zero-order valence-electron chi connectivity index (χ0n) is 10.3. The van der Waals surface area contributed by atoms with Gasteiger partial charge in [0.1, 0.15) is 0 Å². The number of rotatable bonds is 3. The second-order valence-electron chi connectivity index (χ2n) is 5.35. The van der Waals surface area contributed by atoms with E-state index in [0.717, 1.165) is 11.3 Å². The fourth-order valence-electron chi connectivity index (χ4n) is 2.21. The highest BCUT2D eigenvalue weighted by Crippen LogP contribution is 2.46. The second-order valence-corrected chi connectivity index (χ2v) is 5.35. The van der Waals surface area contributed by atoms with Gasteiger partial charge in [-0.2, -0.15) is 5.10 Å². The SMILES string of the molecule is CC(C)c1cc2ncc(C3(CN)CC3)cn2n1. The maximum absolute atomic E-state index is 5.84. The van der Waals surface area contributed by atoms with Gasteiger partial charge in [0.25, 0.3) is 0 Å². The lowest BCUT2D eigenvalue weighted by Crippen LogP contribution is -2.20. The monoisotopic (exact) mass is 230 g/mol. The summed E-state index contributed by atoms with van der Waals surface area (Å²) >= 11 is 0. The third-order valence-electron chi connectivity index (χ3n) is 3.78. The van der Waals surface area contributed by atoms with Crippen molar-refractivity contribution in [2.24, 2.45) is 5.73 Å². The topological polar surface area (TPSA) is 56.2 Å².